The lowest BCUT2D eigenvalue weighted by Crippen LogP contribution is -2.10. The number of hydrogen-bond acceptors (Lipinski definition) is 2. The summed E-state index contributed by atoms with van der Waals surface area (Å²) in [5, 5.41) is 0.0128. The van der Waals surface area contributed by atoms with Crippen molar-refractivity contribution in [1.29, 1.82) is 0 Å². The molecular formula is C14H10ClF2NOS. The van der Waals surface area contributed by atoms with E-state index < -0.39 is 11.6 Å². The number of rotatable bonds is 4. The van der Waals surface area contributed by atoms with Gasteiger partial charge in [-0.3, -0.25) is 0 Å². The van der Waals surface area contributed by atoms with Crippen molar-refractivity contribution in [3.05, 3.63) is 64.2 Å². The maximum atomic E-state index is 13.4. The van der Waals surface area contributed by atoms with Gasteiger partial charge in [-0.05, 0) is 35.9 Å². The van der Waals surface area contributed by atoms with Crippen LogP contribution < -0.4 is 10.5 Å². The van der Waals surface area contributed by atoms with Crippen LogP contribution in [0, 0.1) is 11.6 Å². The van der Waals surface area contributed by atoms with Crippen LogP contribution in [-0.2, 0) is 6.61 Å². The maximum absolute atomic E-state index is 13.4. The fourth-order valence-corrected chi connectivity index (χ4v) is 1.84. The molecule has 0 radical (unpaired) electrons. The Bertz CT molecular complexity index is 664. The lowest BCUT2D eigenvalue weighted by molar-refractivity contribution is 0.304. The predicted octanol–water partition coefficient (Wildman–Crippen LogP) is 3.83. The van der Waals surface area contributed by atoms with Crippen LogP contribution >= 0.6 is 23.8 Å². The minimum atomic E-state index is -0.577. The minimum Gasteiger partial charge on any atom is -0.489 e. The Kier molecular flexibility index (Phi) is 4.52. The lowest BCUT2D eigenvalue weighted by Gasteiger charge is -2.08. The largest absolute Gasteiger partial charge is 0.489 e. The summed E-state index contributed by atoms with van der Waals surface area (Å²) in [6.45, 7) is 0.0639. The van der Waals surface area contributed by atoms with Crippen LogP contribution in [0.4, 0.5) is 8.78 Å². The molecule has 0 aliphatic rings. The summed E-state index contributed by atoms with van der Waals surface area (Å²) < 4.78 is 32.0. The standard InChI is InChI=1S/C14H10ClF2NOS/c15-12-2-1-11(6-13(12)17)19-7-8-3-9(14(18)20)5-10(16)4-8/h1-6H,7H2,(H2,18,20). The first kappa shape index (κ1) is 14.7. The highest BCUT2D eigenvalue weighted by atomic mass is 35.5. The van der Waals surface area contributed by atoms with E-state index in [1.165, 1.54) is 24.3 Å². The molecule has 0 bridgehead atoms. The molecule has 2 nitrogen and oxygen atoms in total. The van der Waals surface area contributed by atoms with Crippen LogP contribution in [-0.4, -0.2) is 4.99 Å². The van der Waals surface area contributed by atoms with Crippen molar-refractivity contribution in [1.82, 2.24) is 0 Å². The molecule has 0 aliphatic heterocycles. The molecule has 2 aromatic carbocycles. The zero-order chi connectivity index (χ0) is 14.7. The number of halogens is 3. The van der Waals surface area contributed by atoms with E-state index >= 15 is 0 Å². The molecule has 0 aliphatic carbocycles. The zero-order valence-corrected chi connectivity index (χ0v) is 11.8. The molecule has 0 saturated carbocycles. The van der Waals surface area contributed by atoms with Crippen molar-refractivity contribution in [2.45, 2.75) is 6.61 Å². The Hall–Kier alpha value is -1.72. The summed E-state index contributed by atoms with van der Waals surface area (Å²) in [5.74, 6) is -0.739. The molecule has 0 amide bonds. The summed E-state index contributed by atoms with van der Waals surface area (Å²) in [6.07, 6.45) is 0. The fraction of sp³-hybridized carbons (Fsp3) is 0.0714. The van der Waals surface area contributed by atoms with Gasteiger partial charge in [0, 0.05) is 11.6 Å². The highest BCUT2D eigenvalue weighted by Gasteiger charge is 2.06. The van der Waals surface area contributed by atoms with E-state index in [9.17, 15) is 8.78 Å². The molecule has 20 heavy (non-hydrogen) atoms. The van der Waals surface area contributed by atoms with Crippen molar-refractivity contribution in [2.75, 3.05) is 0 Å². The van der Waals surface area contributed by atoms with Gasteiger partial charge in [0.15, 0.2) is 0 Å². The Morgan fingerprint density at radius 3 is 2.60 bits per heavy atom. The normalized spacial score (nSPS) is 10.3. The van der Waals surface area contributed by atoms with E-state index in [4.69, 9.17) is 34.3 Å². The first-order valence-electron chi connectivity index (χ1n) is 5.63. The van der Waals surface area contributed by atoms with E-state index in [2.05, 4.69) is 0 Å². The van der Waals surface area contributed by atoms with Crippen molar-refractivity contribution in [3.8, 4) is 5.75 Å². The van der Waals surface area contributed by atoms with E-state index in [0.717, 1.165) is 6.07 Å². The number of benzene rings is 2. The van der Waals surface area contributed by atoms with Gasteiger partial charge in [-0.15, -0.1) is 0 Å². The summed E-state index contributed by atoms with van der Waals surface area (Å²) in [4.78, 5) is 0.100. The Labute approximate surface area is 125 Å². The number of nitrogens with two attached hydrogens (primary N) is 1. The Morgan fingerprint density at radius 1 is 1.20 bits per heavy atom. The quantitative estimate of drug-likeness (QED) is 0.871. The summed E-state index contributed by atoms with van der Waals surface area (Å²) in [6, 6.07) is 8.24. The Morgan fingerprint density at radius 2 is 1.95 bits per heavy atom. The third-order valence-corrected chi connectivity index (χ3v) is 3.08. The molecule has 0 unspecified atom stereocenters. The first-order valence-corrected chi connectivity index (χ1v) is 6.41. The van der Waals surface area contributed by atoms with E-state index in [1.807, 2.05) is 0 Å². The molecule has 0 heterocycles. The van der Waals surface area contributed by atoms with Gasteiger partial charge in [0.1, 0.15) is 29.0 Å². The highest BCUT2D eigenvalue weighted by Crippen LogP contribution is 2.21. The van der Waals surface area contributed by atoms with E-state index in [-0.39, 0.29) is 16.6 Å². The first-order chi connectivity index (χ1) is 9.45. The zero-order valence-electron chi connectivity index (χ0n) is 10.2. The monoisotopic (exact) mass is 313 g/mol. The van der Waals surface area contributed by atoms with Crippen molar-refractivity contribution in [2.24, 2.45) is 5.73 Å². The molecule has 6 heteroatoms. The van der Waals surface area contributed by atoms with Gasteiger partial charge >= 0.3 is 0 Å². The number of ether oxygens (including phenoxy) is 1. The van der Waals surface area contributed by atoms with Gasteiger partial charge in [0.2, 0.25) is 0 Å². The van der Waals surface area contributed by atoms with E-state index in [1.54, 1.807) is 6.07 Å². The van der Waals surface area contributed by atoms with Gasteiger partial charge in [0.25, 0.3) is 0 Å². The van der Waals surface area contributed by atoms with Gasteiger partial charge < -0.3 is 10.5 Å². The third kappa shape index (κ3) is 3.65. The maximum Gasteiger partial charge on any atom is 0.145 e. The summed E-state index contributed by atoms with van der Waals surface area (Å²) >= 11 is 10.4. The van der Waals surface area contributed by atoms with Crippen molar-refractivity contribution in [3.63, 3.8) is 0 Å². The van der Waals surface area contributed by atoms with E-state index in [0.29, 0.717) is 16.9 Å². The number of thiocarbonyl (C=S) groups is 1. The second-order valence-electron chi connectivity index (χ2n) is 4.08. The predicted molar refractivity (Wildman–Crippen MR) is 78.0 cm³/mol. The molecular weight excluding hydrogens is 304 g/mol. The smallest absolute Gasteiger partial charge is 0.145 e. The van der Waals surface area contributed by atoms with Gasteiger partial charge in [0.05, 0.1) is 5.02 Å². The van der Waals surface area contributed by atoms with Crippen LogP contribution in [0.3, 0.4) is 0 Å². The second kappa shape index (κ2) is 6.15. The average molecular weight is 314 g/mol. The summed E-state index contributed by atoms with van der Waals surface area (Å²) in [5.41, 5.74) is 6.42. The molecule has 0 atom stereocenters. The molecule has 0 aromatic heterocycles. The molecule has 2 rings (SSSR count). The molecule has 0 fully saturated rings. The van der Waals surface area contributed by atoms with Crippen molar-refractivity contribution >= 4 is 28.8 Å². The van der Waals surface area contributed by atoms with Crippen molar-refractivity contribution < 1.29 is 13.5 Å². The SMILES string of the molecule is NC(=S)c1cc(F)cc(COc2ccc(Cl)c(F)c2)c1. The molecule has 104 valence electrons. The van der Waals surface area contributed by atoms with Gasteiger partial charge in [-0.25, -0.2) is 8.78 Å². The summed E-state index contributed by atoms with van der Waals surface area (Å²) in [7, 11) is 0. The minimum absolute atomic E-state index is 0.0128. The van der Waals surface area contributed by atoms with Crippen LogP contribution in [0.1, 0.15) is 11.1 Å². The average Bonchev–Trinajstić information content (AvgIpc) is 2.39. The van der Waals surface area contributed by atoms with Crippen LogP contribution in [0.2, 0.25) is 5.02 Å². The highest BCUT2D eigenvalue weighted by molar-refractivity contribution is 7.80. The topological polar surface area (TPSA) is 35.2 Å². The molecule has 0 saturated heterocycles. The molecule has 2 aromatic rings. The lowest BCUT2D eigenvalue weighted by atomic mass is 10.1. The number of hydrogen-bond donors (Lipinski definition) is 1. The van der Waals surface area contributed by atoms with Crippen LogP contribution in [0.15, 0.2) is 36.4 Å². The molecule has 0 spiro atoms. The third-order valence-electron chi connectivity index (χ3n) is 2.54. The fourth-order valence-electron chi connectivity index (χ4n) is 1.61. The van der Waals surface area contributed by atoms with Crippen LogP contribution in [0.5, 0.6) is 5.75 Å². The van der Waals surface area contributed by atoms with Crippen LogP contribution in [0.25, 0.3) is 0 Å². The molecule has 2 N–H and O–H groups in total. The van der Waals surface area contributed by atoms with Gasteiger partial charge in [-0.1, -0.05) is 23.8 Å². The second-order valence-corrected chi connectivity index (χ2v) is 4.92. The van der Waals surface area contributed by atoms with Gasteiger partial charge in [-0.2, -0.15) is 0 Å². The Balaban J connectivity index is 2.14.